The van der Waals surface area contributed by atoms with E-state index in [0.29, 0.717) is 57.7 Å². The Morgan fingerprint density at radius 3 is 2.67 bits per heavy atom. The van der Waals surface area contributed by atoms with Crippen LogP contribution in [0.5, 0.6) is 0 Å². The maximum Gasteiger partial charge on any atom is 0.249 e. The minimum Gasteiger partial charge on any atom is -0.468 e. The van der Waals surface area contributed by atoms with E-state index >= 15 is 0 Å². The van der Waals surface area contributed by atoms with Gasteiger partial charge in [-0.2, -0.15) is 0 Å². The third-order valence-electron chi connectivity index (χ3n) is 7.82. The van der Waals surface area contributed by atoms with E-state index in [2.05, 4.69) is 16.0 Å². The highest BCUT2D eigenvalue weighted by atomic mass is 16.7. The number of ether oxygens (including phenoxy) is 4. The summed E-state index contributed by atoms with van der Waals surface area (Å²) < 4.78 is 23.7. The van der Waals surface area contributed by atoms with Crippen molar-refractivity contribution in [3.05, 3.63) is 11.8 Å². The number of aliphatic hydroxyl groups excluding tert-OH is 5. The maximum absolute atomic E-state index is 12.9. The topological polar surface area (TPSA) is 243 Å². The van der Waals surface area contributed by atoms with Gasteiger partial charge < -0.3 is 71.9 Å². The number of amides is 1. The first-order valence-electron chi connectivity index (χ1n) is 15.0. The van der Waals surface area contributed by atoms with Crippen molar-refractivity contribution in [1.29, 1.82) is 0 Å². The number of nitrogens with one attached hydrogen (secondary N) is 3. The zero-order chi connectivity index (χ0) is 30.6. The number of carbonyl (C=O) groups excluding carboxylic acids is 1. The number of rotatable bonds is 18. The molecular weight excluding hydrogens is 554 g/mol. The molecule has 2 unspecified atom stereocenters. The van der Waals surface area contributed by atoms with Crippen molar-refractivity contribution in [1.82, 2.24) is 16.0 Å². The van der Waals surface area contributed by atoms with Gasteiger partial charge in [-0.15, -0.1) is 0 Å². The lowest BCUT2D eigenvalue weighted by atomic mass is 9.83. The quantitative estimate of drug-likeness (QED) is 0.0677. The summed E-state index contributed by atoms with van der Waals surface area (Å²) in [5, 5.41) is 60.5. The second-order valence-corrected chi connectivity index (χ2v) is 11.2. The van der Waals surface area contributed by atoms with E-state index in [1.165, 1.54) is 0 Å². The van der Waals surface area contributed by atoms with Crippen LogP contribution in [0.3, 0.4) is 0 Å². The van der Waals surface area contributed by atoms with Crippen molar-refractivity contribution < 1.29 is 49.3 Å². The smallest absolute Gasteiger partial charge is 0.249 e. The Bertz CT molecular complexity index is 837. The van der Waals surface area contributed by atoms with Gasteiger partial charge in [0.15, 0.2) is 12.6 Å². The Kier molecular flexibility index (Phi) is 14.8. The standard InChI is InChI=1S/C27H51N5O10/c1-2-20(35)27(39-9-8-33)42-25-19(32-26(38)22(36)15-11-30-12-15)10-18(29)24(23(25)37)41-21-5-3-4-17(40-21)14-31-13-16(34)6-7-28/h4,15-16,18-25,27,30-31,33-37H,2-3,5-14,28-29H2,1H3,(H,32,38)/t16?,18-,19+,20+,21+,22?,23-,24+,25-,27+/m0/s1. The van der Waals surface area contributed by atoms with Crippen LogP contribution in [-0.2, 0) is 23.7 Å². The van der Waals surface area contributed by atoms with Crippen molar-refractivity contribution >= 4 is 5.91 Å². The maximum atomic E-state index is 12.9. The third-order valence-corrected chi connectivity index (χ3v) is 7.82. The molecular formula is C27H51N5O10. The van der Waals surface area contributed by atoms with E-state index in [1.807, 2.05) is 6.08 Å². The van der Waals surface area contributed by atoms with Crippen molar-refractivity contribution in [2.45, 2.75) is 100 Å². The first-order chi connectivity index (χ1) is 20.2. The largest absolute Gasteiger partial charge is 0.468 e. The van der Waals surface area contributed by atoms with E-state index in [9.17, 15) is 30.3 Å². The van der Waals surface area contributed by atoms with Gasteiger partial charge in [0, 0.05) is 38.0 Å². The van der Waals surface area contributed by atoms with Crippen LogP contribution in [0.4, 0.5) is 0 Å². The minimum absolute atomic E-state index is 0.114. The first-order valence-corrected chi connectivity index (χ1v) is 15.0. The van der Waals surface area contributed by atoms with Crippen LogP contribution in [0.25, 0.3) is 0 Å². The van der Waals surface area contributed by atoms with E-state index in [4.69, 9.17) is 30.4 Å². The molecule has 1 saturated heterocycles. The van der Waals surface area contributed by atoms with Gasteiger partial charge in [0.25, 0.3) is 0 Å². The van der Waals surface area contributed by atoms with Crippen LogP contribution in [-0.4, -0.2) is 139 Å². The van der Waals surface area contributed by atoms with E-state index < -0.39 is 67.2 Å². The molecule has 3 aliphatic rings. The van der Waals surface area contributed by atoms with Gasteiger partial charge in [-0.05, 0) is 38.3 Å². The fourth-order valence-corrected chi connectivity index (χ4v) is 5.21. The molecule has 0 bridgehead atoms. The second kappa shape index (κ2) is 17.7. The normalized spacial score (nSPS) is 31.3. The number of nitrogens with two attached hydrogens (primary N) is 2. The summed E-state index contributed by atoms with van der Waals surface area (Å²) in [7, 11) is 0. The molecule has 1 aliphatic carbocycles. The summed E-state index contributed by atoms with van der Waals surface area (Å²) in [6.45, 7) is 3.45. The molecule has 15 nitrogen and oxygen atoms in total. The molecule has 15 heteroatoms. The minimum atomic E-state index is -1.37. The third kappa shape index (κ3) is 10.0. The second-order valence-electron chi connectivity index (χ2n) is 11.2. The summed E-state index contributed by atoms with van der Waals surface area (Å²) in [5.74, 6) is -0.211. The summed E-state index contributed by atoms with van der Waals surface area (Å²) in [5.41, 5.74) is 11.9. The molecule has 1 amide bonds. The fourth-order valence-electron chi connectivity index (χ4n) is 5.21. The summed E-state index contributed by atoms with van der Waals surface area (Å²) in [4.78, 5) is 12.9. The molecule has 0 aromatic heterocycles. The number of carbonyl (C=O) groups is 1. The van der Waals surface area contributed by atoms with Crippen LogP contribution in [0.1, 0.15) is 39.0 Å². The Morgan fingerprint density at radius 1 is 1.26 bits per heavy atom. The van der Waals surface area contributed by atoms with Crippen molar-refractivity contribution in [3.63, 3.8) is 0 Å². The van der Waals surface area contributed by atoms with Gasteiger partial charge in [-0.1, -0.05) is 6.92 Å². The van der Waals surface area contributed by atoms with Crippen molar-refractivity contribution in [3.8, 4) is 0 Å². The van der Waals surface area contributed by atoms with Gasteiger partial charge in [-0.3, -0.25) is 4.79 Å². The molecule has 2 aliphatic heterocycles. The molecule has 0 radical (unpaired) electrons. The molecule has 12 N–H and O–H groups in total. The predicted octanol–water partition coefficient (Wildman–Crippen LogP) is -3.66. The molecule has 0 aromatic carbocycles. The number of allylic oxidation sites excluding steroid dienone is 1. The molecule has 42 heavy (non-hydrogen) atoms. The van der Waals surface area contributed by atoms with Crippen LogP contribution in [0, 0.1) is 5.92 Å². The average molecular weight is 606 g/mol. The van der Waals surface area contributed by atoms with Gasteiger partial charge in [0.1, 0.15) is 36.3 Å². The van der Waals surface area contributed by atoms with E-state index in [0.717, 1.165) is 0 Å². The van der Waals surface area contributed by atoms with Crippen molar-refractivity contribution in [2.75, 3.05) is 45.9 Å². The molecule has 244 valence electrons. The van der Waals surface area contributed by atoms with E-state index in [1.54, 1.807) is 6.92 Å². The Labute approximate surface area is 246 Å². The lowest BCUT2D eigenvalue weighted by molar-refractivity contribution is -0.269. The van der Waals surface area contributed by atoms with Gasteiger partial charge in [0.05, 0.1) is 31.9 Å². The zero-order valence-corrected chi connectivity index (χ0v) is 24.3. The lowest BCUT2D eigenvalue weighted by Crippen LogP contribution is -2.67. The predicted molar refractivity (Wildman–Crippen MR) is 151 cm³/mol. The fraction of sp³-hybridized carbons (Fsp3) is 0.889. The van der Waals surface area contributed by atoms with Crippen LogP contribution in [0.2, 0.25) is 0 Å². The highest BCUT2D eigenvalue weighted by Crippen LogP contribution is 2.30. The van der Waals surface area contributed by atoms with Crippen LogP contribution < -0.4 is 27.4 Å². The Hall–Kier alpha value is -1.47. The molecule has 10 atom stereocenters. The highest BCUT2D eigenvalue weighted by Gasteiger charge is 2.48. The molecule has 2 heterocycles. The zero-order valence-electron chi connectivity index (χ0n) is 24.3. The molecule has 2 fully saturated rings. The van der Waals surface area contributed by atoms with Gasteiger partial charge in [0.2, 0.25) is 5.91 Å². The van der Waals surface area contributed by atoms with Gasteiger partial charge in [-0.25, -0.2) is 0 Å². The van der Waals surface area contributed by atoms with Crippen LogP contribution in [0.15, 0.2) is 11.8 Å². The first kappa shape index (κ1) is 35.0. The summed E-state index contributed by atoms with van der Waals surface area (Å²) in [6, 6.07) is -1.57. The molecule has 1 saturated carbocycles. The highest BCUT2D eigenvalue weighted by molar-refractivity contribution is 5.81. The van der Waals surface area contributed by atoms with Crippen LogP contribution >= 0.6 is 0 Å². The number of hydrogen-bond donors (Lipinski definition) is 10. The average Bonchev–Trinajstić information content (AvgIpc) is 2.93. The molecule has 0 spiro atoms. The summed E-state index contributed by atoms with van der Waals surface area (Å²) >= 11 is 0. The van der Waals surface area contributed by atoms with Crippen molar-refractivity contribution in [2.24, 2.45) is 17.4 Å². The molecule has 0 aromatic rings. The van der Waals surface area contributed by atoms with E-state index in [-0.39, 0.29) is 32.0 Å². The number of hydrogen-bond acceptors (Lipinski definition) is 14. The van der Waals surface area contributed by atoms with Gasteiger partial charge >= 0.3 is 0 Å². The summed E-state index contributed by atoms with van der Waals surface area (Å²) in [6.07, 6.45) is -4.26. The SMILES string of the molecule is CC[C@@H](O)[C@H](OCCO)O[C@@H]1[C@@H](O)[C@H](O[C@@H]2CCC=C(CNCC(O)CCN)O2)[C@@H](N)C[C@H]1NC(=O)C(O)C1CNC1. The Balaban J connectivity index is 1.68. The Morgan fingerprint density at radius 2 is 2.02 bits per heavy atom. The monoisotopic (exact) mass is 605 g/mol. The lowest BCUT2D eigenvalue weighted by Gasteiger charge is -2.46. The number of aliphatic hydroxyl groups is 5. The molecule has 3 rings (SSSR count).